The van der Waals surface area contributed by atoms with E-state index >= 15 is 0 Å². The molecule has 1 fully saturated rings. The number of nitrogens with zero attached hydrogens (tertiary/aromatic N) is 2. The third-order valence-corrected chi connectivity index (χ3v) is 4.95. The fourth-order valence-corrected chi connectivity index (χ4v) is 3.77. The topological polar surface area (TPSA) is 60.9 Å². The summed E-state index contributed by atoms with van der Waals surface area (Å²) in [4.78, 5) is 19.1. The number of benzene rings is 1. The lowest BCUT2D eigenvalue weighted by Crippen LogP contribution is -2.48. The summed E-state index contributed by atoms with van der Waals surface area (Å²) < 4.78 is 16.3. The van der Waals surface area contributed by atoms with Crippen molar-refractivity contribution in [3.63, 3.8) is 0 Å². The minimum Gasteiger partial charge on any atom is -0.493 e. The number of morpholine rings is 1. The van der Waals surface area contributed by atoms with Crippen LogP contribution in [-0.4, -0.2) is 55.3 Å². The minimum atomic E-state index is -0.0509. The third-order valence-electron chi connectivity index (χ3n) is 4.06. The van der Waals surface area contributed by atoms with Gasteiger partial charge in [-0.05, 0) is 32.0 Å². The predicted octanol–water partition coefficient (Wildman–Crippen LogP) is 3.08. The Kier molecular flexibility index (Phi) is 5.24. The first-order valence-corrected chi connectivity index (χ1v) is 9.02. The van der Waals surface area contributed by atoms with Crippen LogP contribution in [0.1, 0.15) is 24.3 Å². The average Bonchev–Trinajstić information content (AvgIpc) is 3.09. The van der Waals surface area contributed by atoms with Crippen molar-refractivity contribution in [1.29, 1.82) is 0 Å². The molecule has 0 N–H and O–H groups in total. The molecule has 7 heteroatoms. The number of hydrogen-bond acceptors (Lipinski definition) is 6. The quantitative estimate of drug-likeness (QED) is 0.836. The summed E-state index contributed by atoms with van der Waals surface area (Å²) in [6, 6.07) is 5.61. The van der Waals surface area contributed by atoms with Gasteiger partial charge in [-0.3, -0.25) is 4.79 Å². The molecule has 0 radical (unpaired) electrons. The van der Waals surface area contributed by atoms with Crippen LogP contribution in [0, 0.1) is 0 Å². The Balaban J connectivity index is 1.81. The van der Waals surface area contributed by atoms with E-state index in [1.807, 2.05) is 36.9 Å². The Morgan fingerprint density at radius 3 is 2.52 bits per heavy atom. The van der Waals surface area contributed by atoms with Crippen LogP contribution >= 0.6 is 11.3 Å². The Morgan fingerprint density at radius 2 is 1.88 bits per heavy atom. The number of methoxy groups -OCH3 is 2. The highest BCUT2D eigenvalue weighted by molar-refractivity contribution is 7.13. The molecule has 6 nitrogen and oxygen atoms in total. The maximum absolute atomic E-state index is 12.7. The molecule has 1 amide bonds. The molecular formula is C18H22N2O4S. The summed E-state index contributed by atoms with van der Waals surface area (Å²) in [6.07, 6.45) is 0.0771. The second-order valence-electron chi connectivity index (χ2n) is 6.08. The molecular weight excluding hydrogens is 340 g/mol. The molecule has 3 rings (SSSR count). The number of carbonyl (C=O) groups is 1. The van der Waals surface area contributed by atoms with Gasteiger partial charge in [0, 0.05) is 24.0 Å². The van der Waals surface area contributed by atoms with E-state index in [0.717, 1.165) is 10.6 Å². The van der Waals surface area contributed by atoms with Crippen molar-refractivity contribution in [3.05, 3.63) is 29.3 Å². The van der Waals surface area contributed by atoms with Gasteiger partial charge in [-0.25, -0.2) is 4.98 Å². The second kappa shape index (κ2) is 7.41. The van der Waals surface area contributed by atoms with Crippen LogP contribution in [0.3, 0.4) is 0 Å². The lowest BCUT2D eigenvalue weighted by Gasteiger charge is -2.34. The van der Waals surface area contributed by atoms with Gasteiger partial charge in [-0.1, -0.05) is 0 Å². The molecule has 1 aliphatic rings. The van der Waals surface area contributed by atoms with E-state index < -0.39 is 0 Å². The van der Waals surface area contributed by atoms with Crippen LogP contribution in [-0.2, 0) is 4.74 Å². The van der Waals surface area contributed by atoms with E-state index in [9.17, 15) is 4.79 Å². The van der Waals surface area contributed by atoms with Crippen molar-refractivity contribution >= 4 is 17.2 Å². The molecule has 0 unspecified atom stereocenters. The first-order valence-electron chi connectivity index (χ1n) is 8.14. The summed E-state index contributed by atoms with van der Waals surface area (Å²) in [5.74, 6) is 1.25. The first kappa shape index (κ1) is 17.7. The van der Waals surface area contributed by atoms with Gasteiger partial charge in [0.05, 0.1) is 26.4 Å². The van der Waals surface area contributed by atoms with E-state index in [2.05, 4.69) is 4.98 Å². The van der Waals surface area contributed by atoms with E-state index in [4.69, 9.17) is 14.2 Å². The van der Waals surface area contributed by atoms with Gasteiger partial charge >= 0.3 is 0 Å². The van der Waals surface area contributed by atoms with Crippen molar-refractivity contribution in [1.82, 2.24) is 9.88 Å². The zero-order valence-corrected chi connectivity index (χ0v) is 15.6. The number of aromatic nitrogens is 1. The van der Waals surface area contributed by atoms with Crippen LogP contribution in [0.25, 0.3) is 10.6 Å². The molecule has 134 valence electrons. The third kappa shape index (κ3) is 3.77. The molecule has 25 heavy (non-hydrogen) atoms. The number of amides is 1. The summed E-state index contributed by atoms with van der Waals surface area (Å²) in [5, 5.41) is 2.58. The van der Waals surface area contributed by atoms with Gasteiger partial charge in [-0.15, -0.1) is 11.3 Å². The number of hydrogen-bond donors (Lipinski definition) is 0. The Morgan fingerprint density at radius 1 is 1.20 bits per heavy atom. The van der Waals surface area contributed by atoms with Crippen LogP contribution in [0.15, 0.2) is 23.6 Å². The standard InChI is InChI=1S/C18H22N2O4S/c1-11-8-20(9-12(2)24-11)18(21)14-10-25-17(19-14)13-5-6-15(22-3)16(7-13)23-4/h5-7,10-12H,8-9H2,1-4H3/t11-,12+. The highest BCUT2D eigenvalue weighted by atomic mass is 32.1. The monoisotopic (exact) mass is 362 g/mol. The van der Waals surface area contributed by atoms with Crippen molar-refractivity contribution in [2.24, 2.45) is 0 Å². The second-order valence-corrected chi connectivity index (χ2v) is 6.93. The van der Waals surface area contributed by atoms with Gasteiger partial charge in [0.1, 0.15) is 10.7 Å². The normalized spacial score (nSPS) is 20.4. The van der Waals surface area contributed by atoms with E-state index in [-0.39, 0.29) is 18.1 Å². The van der Waals surface area contributed by atoms with Crippen molar-refractivity contribution in [3.8, 4) is 22.1 Å². The van der Waals surface area contributed by atoms with Crippen molar-refractivity contribution in [2.45, 2.75) is 26.1 Å². The number of ether oxygens (including phenoxy) is 3. The molecule has 2 atom stereocenters. The van der Waals surface area contributed by atoms with Crippen molar-refractivity contribution < 1.29 is 19.0 Å². The lowest BCUT2D eigenvalue weighted by molar-refractivity contribution is -0.0587. The minimum absolute atomic E-state index is 0.0386. The number of carbonyl (C=O) groups excluding carboxylic acids is 1. The average molecular weight is 362 g/mol. The highest BCUT2D eigenvalue weighted by Crippen LogP contribution is 2.33. The van der Waals surface area contributed by atoms with E-state index in [1.54, 1.807) is 19.6 Å². The molecule has 0 aliphatic carbocycles. The summed E-state index contributed by atoms with van der Waals surface area (Å²) in [6.45, 7) is 5.14. The fraction of sp³-hybridized carbons (Fsp3) is 0.444. The van der Waals surface area contributed by atoms with Crippen LogP contribution in [0.2, 0.25) is 0 Å². The zero-order chi connectivity index (χ0) is 18.0. The van der Waals surface area contributed by atoms with Gasteiger partial charge in [0.25, 0.3) is 5.91 Å². The van der Waals surface area contributed by atoms with Crippen LogP contribution < -0.4 is 9.47 Å². The molecule has 0 spiro atoms. The molecule has 1 aliphatic heterocycles. The summed E-state index contributed by atoms with van der Waals surface area (Å²) in [5.41, 5.74) is 1.36. The Bertz CT molecular complexity index is 751. The SMILES string of the molecule is COc1ccc(-c2nc(C(=O)N3C[C@@H](C)O[C@@H](C)C3)cs2)cc1OC. The summed E-state index contributed by atoms with van der Waals surface area (Å²) in [7, 11) is 3.20. The molecule has 0 bridgehead atoms. The lowest BCUT2D eigenvalue weighted by atomic mass is 10.2. The summed E-state index contributed by atoms with van der Waals surface area (Å²) >= 11 is 1.44. The molecule has 1 saturated heterocycles. The highest BCUT2D eigenvalue weighted by Gasteiger charge is 2.28. The molecule has 2 heterocycles. The largest absolute Gasteiger partial charge is 0.493 e. The predicted molar refractivity (Wildman–Crippen MR) is 96.6 cm³/mol. The van der Waals surface area contributed by atoms with Crippen molar-refractivity contribution in [2.75, 3.05) is 27.3 Å². The van der Waals surface area contributed by atoms with E-state index in [0.29, 0.717) is 30.3 Å². The van der Waals surface area contributed by atoms with Gasteiger partial charge in [-0.2, -0.15) is 0 Å². The Hall–Kier alpha value is -2.12. The molecule has 1 aromatic heterocycles. The smallest absolute Gasteiger partial charge is 0.273 e. The van der Waals surface area contributed by atoms with Gasteiger partial charge in [0.2, 0.25) is 0 Å². The maximum Gasteiger partial charge on any atom is 0.273 e. The van der Waals surface area contributed by atoms with E-state index in [1.165, 1.54) is 11.3 Å². The van der Waals surface area contributed by atoms with Crippen LogP contribution in [0.4, 0.5) is 0 Å². The van der Waals surface area contributed by atoms with Crippen LogP contribution in [0.5, 0.6) is 11.5 Å². The first-order chi connectivity index (χ1) is 12.0. The molecule has 0 saturated carbocycles. The fourth-order valence-electron chi connectivity index (χ4n) is 2.98. The zero-order valence-electron chi connectivity index (χ0n) is 14.8. The maximum atomic E-state index is 12.7. The van der Waals surface area contributed by atoms with Gasteiger partial charge < -0.3 is 19.1 Å². The Labute approximate surface area is 151 Å². The molecule has 2 aromatic rings. The molecule has 1 aromatic carbocycles. The number of rotatable bonds is 4. The number of thiazole rings is 1. The van der Waals surface area contributed by atoms with Gasteiger partial charge in [0.15, 0.2) is 11.5 Å².